The standard InChI is InChI=1S/C12H19N5OS/c1-8-9(2)15-12-13-7-14-17(12)11(8)16-10(4-5-18)6-19-3/h7,10,16,18H,4-6H2,1-3H3. The van der Waals surface area contributed by atoms with Crippen LogP contribution in [0.25, 0.3) is 5.78 Å². The molecule has 0 amide bonds. The van der Waals surface area contributed by atoms with E-state index in [2.05, 4.69) is 26.6 Å². The summed E-state index contributed by atoms with van der Waals surface area (Å²) in [6.07, 6.45) is 4.27. The molecule has 1 atom stereocenters. The zero-order valence-corrected chi connectivity index (χ0v) is 12.2. The number of hydrogen-bond acceptors (Lipinski definition) is 6. The maximum Gasteiger partial charge on any atom is 0.254 e. The Morgan fingerprint density at radius 3 is 2.95 bits per heavy atom. The highest BCUT2D eigenvalue weighted by atomic mass is 32.2. The Balaban J connectivity index is 2.36. The van der Waals surface area contributed by atoms with Gasteiger partial charge in [-0.1, -0.05) is 0 Å². The second kappa shape index (κ2) is 6.21. The fourth-order valence-electron chi connectivity index (χ4n) is 1.95. The molecule has 1 unspecified atom stereocenters. The molecule has 2 rings (SSSR count). The van der Waals surface area contributed by atoms with Crippen LogP contribution in [0.2, 0.25) is 0 Å². The number of nitrogens with one attached hydrogen (secondary N) is 1. The second-order valence-electron chi connectivity index (χ2n) is 4.45. The van der Waals surface area contributed by atoms with Gasteiger partial charge in [0.25, 0.3) is 5.78 Å². The number of hydrogen-bond donors (Lipinski definition) is 2. The molecule has 6 nitrogen and oxygen atoms in total. The first-order valence-electron chi connectivity index (χ1n) is 6.20. The van der Waals surface area contributed by atoms with Crippen molar-refractivity contribution in [2.75, 3.05) is 23.9 Å². The molecule has 0 saturated heterocycles. The largest absolute Gasteiger partial charge is 0.396 e. The minimum Gasteiger partial charge on any atom is -0.396 e. The van der Waals surface area contributed by atoms with Gasteiger partial charge in [-0.05, 0) is 26.5 Å². The third-order valence-corrected chi connectivity index (χ3v) is 3.83. The topological polar surface area (TPSA) is 75.3 Å². The number of nitrogens with zero attached hydrogens (tertiary/aromatic N) is 4. The Bertz CT molecular complexity index is 550. The van der Waals surface area contributed by atoms with Gasteiger partial charge in [0.15, 0.2) is 0 Å². The van der Waals surface area contributed by atoms with Crippen LogP contribution in [0.4, 0.5) is 5.82 Å². The highest BCUT2D eigenvalue weighted by molar-refractivity contribution is 7.98. The molecule has 0 aliphatic rings. The van der Waals surface area contributed by atoms with Crippen molar-refractivity contribution in [2.24, 2.45) is 0 Å². The van der Waals surface area contributed by atoms with Crippen molar-refractivity contribution in [2.45, 2.75) is 26.3 Å². The lowest BCUT2D eigenvalue weighted by Gasteiger charge is -2.20. The molecular weight excluding hydrogens is 262 g/mol. The lowest BCUT2D eigenvalue weighted by molar-refractivity contribution is 0.282. The normalized spacial score (nSPS) is 12.8. The maximum absolute atomic E-state index is 9.14. The van der Waals surface area contributed by atoms with E-state index < -0.39 is 0 Å². The molecule has 0 saturated carbocycles. The summed E-state index contributed by atoms with van der Waals surface area (Å²) in [4.78, 5) is 8.52. The van der Waals surface area contributed by atoms with Gasteiger partial charge in [0, 0.05) is 29.7 Å². The lowest BCUT2D eigenvalue weighted by atomic mass is 10.2. The van der Waals surface area contributed by atoms with E-state index in [0.29, 0.717) is 12.2 Å². The zero-order chi connectivity index (χ0) is 13.8. The molecule has 7 heteroatoms. The van der Waals surface area contributed by atoms with Crippen molar-refractivity contribution < 1.29 is 5.11 Å². The summed E-state index contributed by atoms with van der Waals surface area (Å²) >= 11 is 1.75. The number of aromatic nitrogens is 4. The first-order chi connectivity index (χ1) is 9.17. The monoisotopic (exact) mass is 281 g/mol. The van der Waals surface area contributed by atoms with E-state index in [-0.39, 0.29) is 12.6 Å². The Kier molecular flexibility index (Phi) is 4.60. The minimum absolute atomic E-state index is 0.168. The van der Waals surface area contributed by atoms with Gasteiger partial charge in [0.05, 0.1) is 0 Å². The van der Waals surface area contributed by atoms with Crippen LogP contribution in [0, 0.1) is 13.8 Å². The van der Waals surface area contributed by atoms with Crippen molar-refractivity contribution in [3.8, 4) is 0 Å². The zero-order valence-electron chi connectivity index (χ0n) is 11.4. The number of anilines is 1. The van der Waals surface area contributed by atoms with Gasteiger partial charge in [-0.3, -0.25) is 0 Å². The van der Waals surface area contributed by atoms with E-state index >= 15 is 0 Å². The summed E-state index contributed by atoms with van der Waals surface area (Å²) in [6.45, 7) is 4.15. The van der Waals surface area contributed by atoms with Crippen LogP contribution in [-0.4, -0.2) is 49.3 Å². The third kappa shape index (κ3) is 2.98. The minimum atomic E-state index is 0.168. The molecule has 19 heavy (non-hydrogen) atoms. The third-order valence-electron chi connectivity index (χ3n) is 3.09. The van der Waals surface area contributed by atoms with Crippen LogP contribution in [0.1, 0.15) is 17.7 Å². The summed E-state index contributed by atoms with van der Waals surface area (Å²) in [5.74, 6) is 2.43. The number of fused-ring (bicyclic) bond motifs is 1. The second-order valence-corrected chi connectivity index (χ2v) is 5.36. The maximum atomic E-state index is 9.14. The molecule has 0 aliphatic heterocycles. The Hall–Kier alpha value is -1.34. The smallest absolute Gasteiger partial charge is 0.254 e. The fourth-order valence-corrected chi connectivity index (χ4v) is 2.60. The van der Waals surface area contributed by atoms with Crippen molar-refractivity contribution in [3.63, 3.8) is 0 Å². The van der Waals surface area contributed by atoms with Gasteiger partial charge in [-0.2, -0.15) is 26.4 Å². The highest BCUT2D eigenvalue weighted by Crippen LogP contribution is 2.20. The molecule has 2 aromatic rings. The van der Waals surface area contributed by atoms with Gasteiger partial charge in [-0.15, -0.1) is 0 Å². The quantitative estimate of drug-likeness (QED) is 0.830. The summed E-state index contributed by atoms with van der Waals surface area (Å²) in [5.41, 5.74) is 2.00. The van der Waals surface area contributed by atoms with Crippen molar-refractivity contribution >= 4 is 23.4 Å². The van der Waals surface area contributed by atoms with Crippen LogP contribution in [0.3, 0.4) is 0 Å². The first-order valence-corrected chi connectivity index (χ1v) is 7.60. The SMILES string of the molecule is CSCC(CCO)Nc1c(C)c(C)nc2ncnn12. The van der Waals surface area contributed by atoms with Crippen LogP contribution in [0.5, 0.6) is 0 Å². The number of thioether (sulfide) groups is 1. The Morgan fingerprint density at radius 2 is 2.26 bits per heavy atom. The van der Waals surface area contributed by atoms with Gasteiger partial charge >= 0.3 is 0 Å². The Labute approximate surface area is 116 Å². The average Bonchev–Trinajstić information content (AvgIpc) is 2.83. The molecule has 2 aromatic heterocycles. The summed E-state index contributed by atoms with van der Waals surface area (Å²) < 4.78 is 1.72. The molecular formula is C12H19N5OS. The first kappa shape index (κ1) is 14.1. The van der Waals surface area contributed by atoms with Crippen molar-refractivity contribution in [1.29, 1.82) is 0 Å². The van der Waals surface area contributed by atoms with Crippen molar-refractivity contribution in [1.82, 2.24) is 19.6 Å². The molecule has 0 bridgehead atoms. The summed E-state index contributed by atoms with van der Waals surface area (Å²) in [5, 5.41) is 16.8. The van der Waals surface area contributed by atoms with E-state index in [1.165, 1.54) is 6.33 Å². The number of aliphatic hydroxyl groups is 1. The molecule has 0 aromatic carbocycles. The number of rotatable bonds is 6. The molecule has 104 valence electrons. The van der Waals surface area contributed by atoms with Crippen LogP contribution >= 0.6 is 11.8 Å². The van der Waals surface area contributed by atoms with E-state index in [9.17, 15) is 0 Å². The molecule has 0 fully saturated rings. The lowest BCUT2D eigenvalue weighted by Crippen LogP contribution is -2.26. The number of aliphatic hydroxyl groups excluding tert-OH is 1. The van der Waals surface area contributed by atoms with Gasteiger partial charge in [0.2, 0.25) is 0 Å². The number of aryl methyl sites for hydroxylation is 1. The highest BCUT2D eigenvalue weighted by Gasteiger charge is 2.15. The molecule has 2 N–H and O–H groups in total. The summed E-state index contributed by atoms with van der Waals surface area (Å²) in [6, 6.07) is 0.202. The predicted molar refractivity (Wildman–Crippen MR) is 77.8 cm³/mol. The van der Waals surface area contributed by atoms with E-state index in [0.717, 1.165) is 22.8 Å². The summed E-state index contributed by atoms with van der Waals surface area (Å²) in [7, 11) is 0. The van der Waals surface area contributed by atoms with Gasteiger partial charge in [0.1, 0.15) is 12.1 Å². The van der Waals surface area contributed by atoms with Crippen LogP contribution in [0.15, 0.2) is 6.33 Å². The van der Waals surface area contributed by atoms with Gasteiger partial charge in [-0.25, -0.2) is 4.98 Å². The fraction of sp³-hybridized carbons (Fsp3) is 0.583. The van der Waals surface area contributed by atoms with Crippen LogP contribution in [-0.2, 0) is 0 Å². The molecule has 0 spiro atoms. The van der Waals surface area contributed by atoms with Crippen LogP contribution < -0.4 is 5.32 Å². The van der Waals surface area contributed by atoms with E-state index in [4.69, 9.17) is 5.11 Å². The van der Waals surface area contributed by atoms with E-state index in [1.807, 2.05) is 13.8 Å². The molecule has 2 heterocycles. The molecule has 0 radical (unpaired) electrons. The predicted octanol–water partition coefficient (Wildman–Crippen LogP) is 1.27. The average molecular weight is 281 g/mol. The van der Waals surface area contributed by atoms with E-state index in [1.54, 1.807) is 16.3 Å². The van der Waals surface area contributed by atoms with Gasteiger partial charge < -0.3 is 10.4 Å². The van der Waals surface area contributed by atoms with Crippen molar-refractivity contribution in [3.05, 3.63) is 17.6 Å². The molecule has 0 aliphatic carbocycles. The Morgan fingerprint density at radius 1 is 1.47 bits per heavy atom.